The van der Waals surface area contributed by atoms with Gasteiger partial charge in [0.25, 0.3) is 0 Å². The summed E-state index contributed by atoms with van der Waals surface area (Å²) in [6.45, 7) is 2.07. The van der Waals surface area contributed by atoms with Gasteiger partial charge in [-0.05, 0) is 25.1 Å². The van der Waals surface area contributed by atoms with E-state index in [-0.39, 0.29) is 0 Å². The Bertz CT molecular complexity index is 611. The predicted molar refractivity (Wildman–Crippen MR) is 63.0 cm³/mol. The molecule has 2 rings (SSSR count). The molecule has 17 heavy (non-hydrogen) atoms. The molecule has 1 aromatic carbocycles. The van der Waals surface area contributed by atoms with Gasteiger partial charge in [0.15, 0.2) is 0 Å². The second-order valence-corrected chi connectivity index (χ2v) is 3.23. The van der Waals surface area contributed by atoms with E-state index in [1.54, 1.807) is 31.5 Å². The van der Waals surface area contributed by atoms with Crippen molar-refractivity contribution in [1.29, 1.82) is 0 Å². The molecule has 0 unspecified atom stereocenters. The Labute approximate surface area is 98.7 Å². The fourth-order valence-electron chi connectivity index (χ4n) is 1.33. The first-order valence-electron chi connectivity index (χ1n) is 5.19. The monoisotopic (exact) mass is 226 g/mol. The van der Waals surface area contributed by atoms with Crippen LogP contribution in [0.3, 0.4) is 0 Å². The second kappa shape index (κ2) is 5.08. The van der Waals surface area contributed by atoms with Crippen molar-refractivity contribution in [2.45, 2.75) is 6.92 Å². The number of aromatic nitrogens is 2. The van der Waals surface area contributed by atoms with Crippen molar-refractivity contribution in [2.24, 2.45) is 0 Å². The molecule has 0 saturated heterocycles. The van der Waals surface area contributed by atoms with E-state index in [1.807, 2.05) is 6.07 Å². The first kappa shape index (κ1) is 11.1. The average Bonchev–Trinajstić information content (AvgIpc) is 2.36. The topological polar surface area (TPSA) is 52.1 Å². The molecule has 4 nitrogen and oxygen atoms in total. The molecular weight excluding hydrogens is 216 g/mol. The van der Waals surface area contributed by atoms with Crippen LogP contribution < -0.4 is 0 Å². The third-order valence-corrected chi connectivity index (χ3v) is 2.05. The van der Waals surface area contributed by atoms with Crippen LogP contribution in [0.1, 0.15) is 12.5 Å². The number of esters is 1. The Kier molecular flexibility index (Phi) is 3.31. The van der Waals surface area contributed by atoms with Crippen molar-refractivity contribution < 1.29 is 9.53 Å². The van der Waals surface area contributed by atoms with E-state index in [0.29, 0.717) is 12.2 Å². The standard InChI is InChI=1S/C13H10N2O2/c1-2-17-13(16)6-4-10-3-5-11-12(9-10)15-8-7-14-11/h3,5,7-9H,2H2,1H3. The van der Waals surface area contributed by atoms with E-state index in [1.165, 1.54) is 0 Å². The van der Waals surface area contributed by atoms with Crippen LogP contribution in [0.5, 0.6) is 0 Å². The van der Waals surface area contributed by atoms with Crippen LogP contribution in [0.4, 0.5) is 0 Å². The number of hydrogen-bond acceptors (Lipinski definition) is 4. The Morgan fingerprint density at radius 1 is 1.29 bits per heavy atom. The van der Waals surface area contributed by atoms with E-state index in [2.05, 4.69) is 21.8 Å². The Hall–Kier alpha value is -2.41. The summed E-state index contributed by atoms with van der Waals surface area (Å²) in [6, 6.07) is 5.40. The summed E-state index contributed by atoms with van der Waals surface area (Å²) < 4.78 is 4.71. The number of benzene rings is 1. The number of ether oxygens (including phenoxy) is 1. The van der Waals surface area contributed by atoms with Gasteiger partial charge in [-0.2, -0.15) is 0 Å². The van der Waals surface area contributed by atoms with Crippen molar-refractivity contribution in [1.82, 2.24) is 9.97 Å². The highest BCUT2D eigenvalue weighted by Crippen LogP contribution is 2.09. The van der Waals surface area contributed by atoms with Crippen LogP contribution in [0.25, 0.3) is 11.0 Å². The van der Waals surface area contributed by atoms with E-state index in [9.17, 15) is 4.79 Å². The summed E-state index contributed by atoms with van der Waals surface area (Å²) in [5.74, 6) is 4.61. The SMILES string of the molecule is CCOC(=O)C#Cc1ccc2nccnc2c1. The number of nitrogens with zero attached hydrogens (tertiary/aromatic N) is 2. The molecule has 1 heterocycles. The Balaban J connectivity index is 2.28. The number of fused-ring (bicyclic) bond motifs is 1. The largest absolute Gasteiger partial charge is 0.456 e. The lowest BCUT2D eigenvalue weighted by Crippen LogP contribution is -1.99. The fourth-order valence-corrected chi connectivity index (χ4v) is 1.33. The molecule has 2 aromatic rings. The van der Waals surface area contributed by atoms with Crippen LogP contribution in [0.15, 0.2) is 30.6 Å². The third kappa shape index (κ3) is 2.79. The van der Waals surface area contributed by atoms with Gasteiger partial charge >= 0.3 is 5.97 Å². The van der Waals surface area contributed by atoms with E-state index in [4.69, 9.17) is 4.74 Å². The van der Waals surface area contributed by atoms with Gasteiger partial charge in [-0.15, -0.1) is 0 Å². The van der Waals surface area contributed by atoms with Gasteiger partial charge in [0.1, 0.15) is 0 Å². The van der Waals surface area contributed by atoms with Crippen molar-refractivity contribution in [3.05, 3.63) is 36.2 Å². The molecule has 0 bridgehead atoms. The predicted octanol–water partition coefficient (Wildman–Crippen LogP) is 1.54. The van der Waals surface area contributed by atoms with Gasteiger partial charge in [-0.1, -0.05) is 5.92 Å². The quantitative estimate of drug-likeness (QED) is 0.546. The molecule has 0 spiro atoms. The average molecular weight is 226 g/mol. The minimum absolute atomic E-state index is 0.330. The second-order valence-electron chi connectivity index (χ2n) is 3.23. The first-order chi connectivity index (χ1) is 8.29. The summed E-state index contributed by atoms with van der Waals surface area (Å²) in [5.41, 5.74) is 2.27. The molecule has 0 amide bonds. The molecule has 0 atom stereocenters. The molecule has 0 aliphatic rings. The zero-order valence-electron chi connectivity index (χ0n) is 9.30. The molecule has 0 aliphatic carbocycles. The zero-order valence-corrected chi connectivity index (χ0v) is 9.30. The number of carbonyl (C=O) groups is 1. The van der Waals surface area contributed by atoms with Crippen LogP contribution in [-0.2, 0) is 9.53 Å². The van der Waals surface area contributed by atoms with Crippen LogP contribution >= 0.6 is 0 Å². The molecule has 84 valence electrons. The first-order valence-corrected chi connectivity index (χ1v) is 5.19. The Morgan fingerprint density at radius 3 is 2.82 bits per heavy atom. The molecular formula is C13H10N2O2. The minimum atomic E-state index is -0.522. The highest BCUT2D eigenvalue weighted by atomic mass is 16.5. The van der Waals surface area contributed by atoms with E-state index < -0.39 is 5.97 Å². The van der Waals surface area contributed by atoms with Crippen molar-refractivity contribution in [3.63, 3.8) is 0 Å². The maximum atomic E-state index is 11.1. The summed E-state index contributed by atoms with van der Waals surface area (Å²) in [7, 11) is 0. The molecule has 1 aromatic heterocycles. The van der Waals surface area contributed by atoms with Crippen LogP contribution in [0, 0.1) is 11.8 Å². The molecule has 0 N–H and O–H groups in total. The van der Waals surface area contributed by atoms with Crippen molar-refractivity contribution in [3.8, 4) is 11.8 Å². The van der Waals surface area contributed by atoms with Crippen LogP contribution in [-0.4, -0.2) is 22.5 Å². The fraction of sp³-hybridized carbons (Fsp3) is 0.154. The van der Waals surface area contributed by atoms with Crippen LogP contribution in [0.2, 0.25) is 0 Å². The lowest BCUT2D eigenvalue weighted by molar-refractivity contribution is -0.136. The molecule has 0 fully saturated rings. The number of rotatable bonds is 1. The molecule has 4 heteroatoms. The summed E-state index contributed by atoms with van der Waals surface area (Å²) >= 11 is 0. The van der Waals surface area contributed by atoms with Gasteiger partial charge in [0.05, 0.1) is 17.6 Å². The van der Waals surface area contributed by atoms with Crippen molar-refractivity contribution >= 4 is 17.0 Å². The van der Waals surface area contributed by atoms with Gasteiger partial charge < -0.3 is 4.74 Å². The number of hydrogen-bond donors (Lipinski definition) is 0. The molecule has 0 aliphatic heterocycles. The van der Waals surface area contributed by atoms with Gasteiger partial charge in [0, 0.05) is 23.9 Å². The smallest absolute Gasteiger partial charge is 0.384 e. The maximum absolute atomic E-state index is 11.1. The van der Waals surface area contributed by atoms with E-state index >= 15 is 0 Å². The molecule has 0 radical (unpaired) electrons. The minimum Gasteiger partial charge on any atom is -0.456 e. The normalized spacial score (nSPS) is 9.47. The van der Waals surface area contributed by atoms with Gasteiger partial charge in [0.2, 0.25) is 0 Å². The van der Waals surface area contributed by atoms with Crippen molar-refractivity contribution in [2.75, 3.05) is 6.61 Å². The highest BCUT2D eigenvalue weighted by molar-refractivity contribution is 5.89. The van der Waals surface area contributed by atoms with Gasteiger partial charge in [-0.3, -0.25) is 9.97 Å². The zero-order chi connectivity index (χ0) is 12.1. The summed E-state index contributed by atoms with van der Waals surface area (Å²) in [5, 5.41) is 0. The number of carbonyl (C=O) groups excluding carboxylic acids is 1. The lowest BCUT2D eigenvalue weighted by atomic mass is 10.2. The summed E-state index contributed by atoms with van der Waals surface area (Å²) in [6.07, 6.45) is 3.25. The maximum Gasteiger partial charge on any atom is 0.384 e. The van der Waals surface area contributed by atoms with Gasteiger partial charge in [-0.25, -0.2) is 4.79 Å². The van der Waals surface area contributed by atoms with E-state index in [0.717, 1.165) is 11.0 Å². The highest BCUT2D eigenvalue weighted by Gasteiger charge is 1.96. The summed E-state index contributed by atoms with van der Waals surface area (Å²) in [4.78, 5) is 19.4. The third-order valence-electron chi connectivity index (χ3n) is 2.05. The lowest BCUT2D eigenvalue weighted by Gasteiger charge is -1.95. The Morgan fingerprint density at radius 2 is 2.06 bits per heavy atom. The molecule has 0 saturated carbocycles.